The number of rotatable bonds is 6. The highest BCUT2D eigenvalue weighted by Gasteiger charge is 2.42. The Hall–Kier alpha value is -4.18. The normalized spacial score (nSPS) is 15.3. The fraction of sp³-hybridized carbons (Fsp3) is 0.143. The number of carbonyl (C=O) groups excluding carboxylic acids is 1. The summed E-state index contributed by atoms with van der Waals surface area (Å²) in [4.78, 5) is 16.2. The Morgan fingerprint density at radius 1 is 0.947 bits per heavy atom. The summed E-state index contributed by atoms with van der Waals surface area (Å²) in [6, 6.07) is 18.4. The van der Waals surface area contributed by atoms with Gasteiger partial charge in [0, 0.05) is 18.8 Å². The van der Waals surface area contributed by atoms with Gasteiger partial charge in [0.15, 0.2) is 0 Å². The Morgan fingerprint density at radius 2 is 1.66 bits per heavy atom. The third-order valence-corrected chi connectivity index (χ3v) is 8.44. The number of sulfonamides is 1. The molecular weight excluding hydrogens is 515 g/mol. The molecule has 1 aliphatic rings. The van der Waals surface area contributed by atoms with Gasteiger partial charge in [0.2, 0.25) is 5.91 Å². The number of hydrogen-bond donors (Lipinski definition) is 1. The first-order valence-corrected chi connectivity index (χ1v) is 13.1. The fourth-order valence-corrected chi connectivity index (χ4v) is 6.59. The van der Waals surface area contributed by atoms with Gasteiger partial charge in [0.1, 0.15) is 6.04 Å². The zero-order valence-electron chi connectivity index (χ0n) is 19.9. The Kier molecular flexibility index (Phi) is 6.44. The molecule has 1 aliphatic heterocycles. The number of benzene rings is 3. The van der Waals surface area contributed by atoms with E-state index in [1.165, 1.54) is 24.3 Å². The summed E-state index contributed by atoms with van der Waals surface area (Å²) in [5, 5.41) is 0. The quantitative estimate of drug-likeness (QED) is 0.376. The van der Waals surface area contributed by atoms with Gasteiger partial charge in [-0.15, -0.1) is 0 Å². The number of fused-ring (bicyclic) bond motifs is 1. The molecule has 0 fully saturated rings. The first-order valence-electron chi connectivity index (χ1n) is 11.7. The molecule has 0 spiro atoms. The molecule has 0 bridgehead atoms. The molecule has 0 radical (unpaired) electrons. The number of pyridine rings is 1. The molecule has 0 unspecified atom stereocenters. The summed E-state index contributed by atoms with van der Waals surface area (Å²) in [5.74, 6) is -0.777. The van der Waals surface area contributed by atoms with Gasteiger partial charge in [-0.2, -0.15) is 13.2 Å². The molecule has 1 aromatic heterocycles. The Morgan fingerprint density at radius 3 is 2.37 bits per heavy atom. The van der Waals surface area contributed by atoms with Crippen LogP contribution in [0.4, 0.5) is 18.9 Å². The van der Waals surface area contributed by atoms with Crippen LogP contribution >= 0.6 is 0 Å². The highest BCUT2D eigenvalue weighted by atomic mass is 32.2. The number of aromatic nitrogens is 1. The molecule has 38 heavy (non-hydrogen) atoms. The van der Waals surface area contributed by atoms with E-state index in [0.717, 1.165) is 22.0 Å². The lowest BCUT2D eigenvalue weighted by atomic mass is 9.98. The molecule has 10 heteroatoms. The molecule has 0 saturated heterocycles. The lowest BCUT2D eigenvalue weighted by molar-refractivity contribution is -0.137. The summed E-state index contributed by atoms with van der Waals surface area (Å²) in [7, 11) is -4.29. The van der Waals surface area contributed by atoms with Crippen molar-refractivity contribution in [2.45, 2.75) is 30.0 Å². The van der Waals surface area contributed by atoms with Crippen LogP contribution in [0.2, 0.25) is 0 Å². The van der Waals surface area contributed by atoms with Gasteiger partial charge in [-0.25, -0.2) is 8.42 Å². The van der Waals surface area contributed by atoms with Gasteiger partial charge in [0.05, 0.1) is 16.1 Å². The smallest absolute Gasteiger partial charge is 0.368 e. The van der Waals surface area contributed by atoms with Crippen LogP contribution in [-0.2, 0) is 33.8 Å². The van der Waals surface area contributed by atoms with Crippen molar-refractivity contribution < 1.29 is 26.4 Å². The third kappa shape index (κ3) is 4.74. The summed E-state index contributed by atoms with van der Waals surface area (Å²) in [5.41, 5.74) is 7.68. The Balaban J connectivity index is 1.66. The predicted octanol–water partition coefficient (Wildman–Crippen LogP) is 4.96. The maximum Gasteiger partial charge on any atom is 0.416 e. The number of para-hydroxylation sites is 1. The molecule has 2 N–H and O–H groups in total. The van der Waals surface area contributed by atoms with Crippen molar-refractivity contribution in [3.8, 4) is 11.1 Å². The topological polar surface area (TPSA) is 93.4 Å². The highest BCUT2D eigenvalue weighted by molar-refractivity contribution is 7.93. The Bertz CT molecular complexity index is 1620. The molecule has 1 amide bonds. The summed E-state index contributed by atoms with van der Waals surface area (Å²) < 4.78 is 69.3. The van der Waals surface area contributed by atoms with E-state index in [1.807, 2.05) is 0 Å². The number of halogens is 3. The second-order valence-electron chi connectivity index (χ2n) is 8.99. The molecule has 194 valence electrons. The van der Waals surface area contributed by atoms with Crippen molar-refractivity contribution in [3.05, 3.63) is 114 Å². The second kappa shape index (κ2) is 9.60. The van der Waals surface area contributed by atoms with Crippen LogP contribution in [0, 0.1) is 0 Å². The molecule has 5 rings (SSSR count). The van der Waals surface area contributed by atoms with Crippen molar-refractivity contribution in [2.24, 2.45) is 5.73 Å². The van der Waals surface area contributed by atoms with Gasteiger partial charge in [-0.05, 0) is 76.7 Å². The largest absolute Gasteiger partial charge is 0.416 e. The van der Waals surface area contributed by atoms with Gasteiger partial charge < -0.3 is 5.73 Å². The van der Waals surface area contributed by atoms with E-state index in [0.29, 0.717) is 27.9 Å². The van der Waals surface area contributed by atoms with E-state index in [9.17, 15) is 26.4 Å². The second-order valence-corrected chi connectivity index (χ2v) is 10.8. The number of primary amides is 1. The van der Waals surface area contributed by atoms with Crippen LogP contribution in [-0.4, -0.2) is 25.4 Å². The van der Waals surface area contributed by atoms with Crippen molar-refractivity contribution in [1.82, 2.24) is 4.98 Å². The monoisotopic (exact) mass is 537 g/mol. The standard InChI is InChI=1S/C28H22F3N3O3S/c29-28(30,31)23-6-3-5-19(16-23)20-8-9-26(22(15-20)14-18-10-12-33-13-11-18)38(36,37)34-24-7-2-1-4-21(24)17-25(34)27(32)35/h1-13,15-16,25H,14,17H2,(H2,32,35)/t25-/m0/s1. The number of nitrogens with zero attached hydrogens (tertiary/aromatic N) is 2. The number of anilines is 1. The minimum absolute atomic E-state index is 0.0620. The molecule has 6 nitrogen and oxygen atoms in total. The summed E-state index contributed by atoms with van der Waals surface area (Å²) in [6.45, 7) is 0. The molecule has 4 aromatic rings. The van der Waals surface area contributed by atoms with Crippen molar-refractivity contribution in [3.63, 3.8) is 0 Å². The summed E-state index contributed by atoms with van der Waals surface area (Å²) in [6.07, 6.45) is -1.07. The van der Waals surface area contributed by atoms with Gasteiger partial charge in [0.25, 0.3) is 10.0 Å². The molecule has 2 heterocycles. The van der Waals surface area contributed by atoms with Gasteiger partial charge in [-0.3, -0.25) is 14.1 Å². The Labute approximate surface area is 217 Å². The number of nitrogens with two attached hydrogens (primary N) is 1. The van der Waals surface area contributed by atoms with Crippen LogP contribution in [0.25, 0.3) is 11.1 Å². The van der Waals surface area contributed by atoms with E-state index in [1.54, 1.807) is 54.9 Å². The number of hydrogen-bond acceptors (Lipinski definition) is 4. The van der Waals surface area contributed by atoms with Crippen LogP contribution in [0.5, 0.6) is 0 Å². The van der Waals surface area contributed by atoms with E-state index < -0.39 is 33.7 Å². The van der Waals surface area contributed by atoms with Crippen LogP contribution in [0.15, 0.2) is 96.2 Å². The number of alkyl halides is 3. The molecule has 3 aromatic carbocycles. The maximum absolute atomic E-state index is 14.1. The van der Waals surface area contributed by atoms with Crippen molar-refractivity contribution in [1.29, 1.82) is 0 Å². The number of amides is 1. The van der Waals surface area contributed by atoms with Crippen LogP contribution in [0.1, 0.15) is 22.3 Å². The predicted molar refractivity (Wildman–Crippen MR) is 137 cm³/mol. The zero-order chi connectivity index (χ0) is 27.1. The first-order chi connectivity index (χ1) is 18.1. The van der Waals surface area contributed by atoms with Crippen molar-refractivity contribution in [2.75, 3.05) is 4.31 Å². The van der Waals surface area contributed by atoms with Gasteiger partial charge in [-0.1, -0.05) is 36.4 Å². The molecular formula is C28H22F3N3O3S. The van der Waals surface area contributed by atoms with E-state index in [2.05, 4.69) is 4.98 Å². The average Bonchev–Trinajstić information content (AvgIpc) is 3.30. The van der Waals surface area contributed by atoms with Gasteiger partial charge >= 0.3 is 6.18 Å². The minimum atomic E-state index is -4.52. The maximum atomic E-state index is 14.1. The SMILES string of the molecule is NC(=O)[C@@H]1Cc2ccccc2N1S(=O)(=O)c1ccc(-c2cccc(C(F)(F)F)c2)cc1Cc1ccncc1. The van der Waals surface area contributed by atoms with E-state index in [4.69, 9.17) is 5.73 Å². The van der Waals surface area contributed by atoms with E-state index in [-0.39, 0.29) is 17.7 Å². The fourth-order valence-electron chi connectivity index (χ4n) is 4.72. The van der Waals surface area contributed by atoms with Crippen LogP contribution < -0.4 is 10.0 Å². The highest BCUT2D eigenvalue weighted by Crippen LogP contribution is 2.39. The molecule has 1 atom stereocenters. The minimum Gasteiger partial charge on any atom is -0.368 e. The molecule has 0 aliphatic carbocycles. The molecule has 0 saturated carbocycles. The third-order valence-electron chi connectivity index (χ3n) is 6.52. The lowest BCUT2D eigenvalue weighted by Crippen LogP contribution is -2.46. The van der Waals surface area contributed by atoms with E-state index >= 15 is 0 Å². The van der Waals surface area contributed by atoms with Crippen molar-refractivity contribution >= 4 is 21.6 Å². The van der Waals surface area contributed by atoms with Crippen LogP contribution in [0.3, 0.4) is 0 Å². The number of carbonyl (C=O) groups is 1. The summed E-state index contributed by atoms with van der Waals surface area (Å²) >= 11 is 0. The lowest BCUT2D eigenvalue weighted by Gasteiger charge is -2.26. The first kappa shape index (κ1) is 25.5. The zero-order valence-corrected chi connectivity index (χ0v) is 20.7. The average molecular weight is 538 g/mol.